The Morgan fingerprint density at radius 1 is 1.45 bits per heavy atom. The highest BCUT2D eigenvalue weighted by Gasteiger charge is 2.17. The van der Waals surface area contributed by atoms with Gasteiger partial charge in [0.15, 0.2) is 0 Å². The molecule has 0 saturated heterocycles. The van der Waals surface area contributed by atoms with Gasteiger partial charge >= 0.3 is 0 Å². The fourth-order valence-electron chi connectivity index (χ4n) is 2.23. The minimum Gasteiger partial charge on any atom is -0.271 e. The molecule has 0 aromatic carbocycles. The predicted molar refractivity (Wildman–Crippen MR) is 87.8 cm³/mol. The Morgan fingerprint density at radius 3 is 2.70 bits per heavy atom. The highest BCUT2D eigenvalue weighted by molar-refractivity contribution is 9.11. The van der Waals surface area contributed by atoms with E-state index in [0.29, 0.717) is 0 Å². The monoisotopic (exact) mass is 356 g/mol. The minimum absolute atomic E-state index is 0.122. The van der Waals surface area contributed by atoms with Crippen molar-refractivity contribution in [3.05, 3.63) is 37.7 Å². The van der Waals surface area contributed by atoms with Crippen LogP contribution in [-0.4, -0.2) is 9.78 Å². The maximum atomic E-state index is 5.75. The SMILES string of the molecule is CCc1cc(CC(NN)c2cc(C)c(Br)s2)n(CC)n1. The topological polar surface area (TPSA) is 55.9 Å². The van der Waals surface area contributed by atoms with Gasteiger partial charge in [0.05, 0.1) is 15.5 Å². The first-order valence-electron chi connectivity index (χ1n) is 6.86. The summed E-state index contributed by atoms with van der Waals surface area (Å²) in [5.74, 6) is 5.75. The van der Waals surface area contributed by atoms with Gasteiger partial charge in [-0.2, -0.15) is 5.10 Å². The molecule has 0 aliphatic heterocycles. The molecule has 6 heteroatoms. The van der Waals surface area contributed by atoms with Crippen LogP contribution < -0.4 is 11.3 Å². The summed E-state index contributed by atoms with van der Waals surface area (Å²) in [4.78, 5) is 1.25. The van der Waals surface area contributed by atoms with Crippen LogP contribution in [0.5, 0.6) is 0 Å². The number of nitrogens with two attached hydrogens (primary N) is 1. The van der Waals surface area contributed by atoms with Crippen molar-refractivity contribution in [3.8, 4) is 0 Å². The number of aromatic nitrogens is 2. The first kappa shape index (κ1) is 15.7. The molecule has 2 rings (SSSR count). The molecule has 0 aliphatic carbocycles. The zero-order valence-corrected chi connectivity index (χ0v) is 14.5. The summed E-state index contributed by atoms with van der Waals surface area (Å²) in [5, 5.41) is 4.59. The van der Waals surface area contributed by atoms with Gasteiger partial charge in [0.2, 0.25) is 0 Å². The average molecular weight is 357 g/mol. The largest absolute Gasteiger partial charge is 0.271 e. The smallest absolute Gasteiger partial charge is 0.0731 e. The van der Waals surface area contributed by atoms with Crippen molar-refractivity contribution < 1.29 is 0 Å². The highest BCUT2D eigenvalue weighted by Crippen LogP contribution is 2.32. The molecule has 0 fully saturated rings. The first-order valence-corrected chi connectivity index (χ1v) is 8.47. The Hall–Kier alpha value is -0.690. The van der Waals surface area contributed by atoms with Gasteiger partial charge in [-0.15, -0.1) is 11.3 Å². The molecule has 0 bridgehead atoms. The van der Waals surface area contributed by atoms with Gasteiger partial charge in [-0.25, -0.2) is 0 Å². The summed E-state index contributed by atoms with van der Waals surface area (Å²) in [6, 6.07) is 4.49. The van der Waals surface area contributed by atoms with Gasteiger partial charge in [-0.3, -0.25) is 16.0 Å². The van der Waals surface area contributed by atoms with E-state index in [0.717, 1.165) is 25.1 Å². The van der Waals surface area contributed by atoms with Crippen molar-refractivity contribution in [2.45, 2.75) is 46.2 Å². The van der Waals surface area contributed by atoms with Crippen LogP contribution in [0.25, 0.3) is 0 Å². The average Bonchev–Trinajstić information content (AvgIpc) is 2.99. The second-order valence-corrected chi connectivity index (χ2v) is 7.23. The van der Waals surface area contributed by atoms with E-state index < -0.39 is 0 Å². The zero-order chi connectivity index (χ0) is 14.7. The maximum absolute atomic E-state index is 5.75. The number of halogens is 1. The minimum atomic E-state index is 0.122. The van der Waals surface area contributed by atoms with Crippen LogP contribution in [0.4, 0.5) is 0 Å². The van der Waals surface area contributed by atoms with Crippen LogP contribution in [-0.2, 0) is 19.4 Å². The summed E-state index contributed by atoms with van der Waals surface area (Å²) in [7, 11) is 0. The number of nitrogens with one attached hydrogen (secondary N) is 1. The molecule has 1 atom stereocenters. The van der Waals surface area contributed by atoms with Crippen molar-refractivity contribution >= 4 is 27.3 Å². The predicted octanol–water partition coefficient (Wildman–Crippen LogP) is 3.34. The van der Waals surface area contributed by atoms with Crippen LogP contribution in [0.15, 0.2) is 15.9 Å². The highest BCUT2D eigenvalue weighted by atomic mass is 79.9. The standard InChI is InChI=1S/C14H21BrN4S/c1-4-10-7-11(19(5-2)18-10)8-12(17-16)13-6-9(3)14(15)20-13/h6-7,12,17H,4-5,8,16H2,1-3H3. The third kappa shape index (κ3) is 3.31. The normalized spacial score (nSPS) is 12.8. The Balaban J connectivity index is 2.23. The van der Waals surface area contributed by atoms with Gasteiger partial charge in [-0.1, -0.05) is 6.92 Å². The van der Waals surface area contributed by atoms with Crippen molar-refractivity contribution in [1.29, 1.82) is 0 Å². The Morgan fingerprint density at radius 2 is 2.20 bits per heavy atom. The third-order valence-electron chi connectivity index (χ3n) is 3.41. The molecule has 0 amide bonds. The summed E-state index contributed by atoms with van der Waals surface area (Å²) in [6.45, 7) is 7.24. The Bertz CT molecular complexity index is 556. The van der Waals surface area contributed by atoms with Crippen molar-refractivity contribution in [2.75, 3.05) is 0 Å². The van der Waals surface area contributed by atoms with E-state index in [1.807, 2.05) is 0 Å². The van der Waals surface area contributed by atoms with E-state index in [9.17, 15) is 0 Å². The molecule has 0 radical (unpaired) electrons. The molecule has 0 saturated carbocycles. The fourth-order valence-corrected chi connectivity index (χ4v) is 3.86. The molecule has 2 aromatic heterocycles. The van der Waals surface area contributed by atoms with E-state index in [1.54, 1.807) is 11.3 Å². The molecule has 3 N–H and O–H groups in total. The molecule has 0 spiro atoms. The molecule has 4 nitrogen and oxygen atoms in total. The van der Waals surface area contributed by atoms with E-state index >= 15 is 0 Å². The van der Waals surface area contributed by atoms with Crippen LogP contribution >= 0.6 is 27.3 Å². The lowest BCUT2D eigenvalue weighted by Crippen LogP contribution is -2.29. The lowest BCUT2D eigenvalue weighted by molar-refractivity contribution is 0.522. The van der Waals surface area contributed by atoms with Gasteiger partial charge in [0, 0.05) is 23.5 Å². The number of nitrogens with zero attached hydrogens (tertiary/aromatic N) is 2. The van der Waals surface area contributed by atoms with Crippen molar-refractivity contribution in [1.82, 2.24) is 15.2 Å². The van der Waals surface area contributed by atoms with E-state index in [1.165, 1.54) is 19.9 Å². The van der Waals surface area contributed by atoms with Gasteiger partial charge < -0.3 is 0 Å². The number of hydrazine groups is 1. The second-order valence-electron chi connectivity index (χ2n) is 4.83. The summed E-state index contributed by atoms with van der Waals surface area (Å²) in [6.07, 6.45) is 1.81. The molecule has 2 heterocycles. The number of rotatable bonds is 6. The van der Waals surface area contributed by atoms with Crippen LogP contribution in [0.2, 0.25) is 0 Å². The Labute approximate surface area is 132 Å². The van der Waals surface area contributed by atoms with Gasteiger partial charge in [0.25, 0.3) is 0 Å². The van der Waals surface area contributed by atoms with Crippen molar-refractivity contribution in [2.24, 2.45) is 5.84 Å². The van der Waals surface area contributed by atoms with Crippen LogP contribution in [0.3, 0.4) is 0 Å². The third-order valence-corrected chi connectivity index (χ3v) is 5.66. The second kappa shape index (κ2) is 6.85. The Kier molecular flexibility index (Phi) is 5.37. The van der Waals surface area contributed by atoms with E-state index in [4.69, 9.17) is 5.84 Å². The lowest BCUT2D eigenvalue weighted by Gasteiger charge is -2.14. The van der Waals surface area contributed by atoms with Crippen LogP contribution in [0.1, 0.15) is 41.7 Å². The summed E-state index contributed by atoms with van der Waals surface area (Å²) in [5.41, 5.74) is 6.56. The number of hydrogen-bond donors (Lipinski definition) is 2. The first-order chi connectivity index (χ1) is 9.58. The number of aryl methyl sites for hydroxylation is 3. The summed E-state index contributed by atoms with van der Waals surface area (Å²) < 4.78 is 3.24. The summed E-state index contributed by atoms with van der Waals surface area (Å²) >= 11 is 5.31. The number of thiophene rings is 1. The van der Waals surface area contributed by atoms with Gasteiger partial charge in [0.1, 0.15) is 0 Å². The van der Waals surface area contributed by atoms with Crippen molar-refractivity contribution in [3.63, 3.8) is 0 Å². The maximum Gasteiger partial charge on any atom is 0.0731 e. The van der Waals surface area contributed by atoms with E-state index in [2.05, 4.69) is 64.0 Å². The van der Waals surface area contributed by atoms with E-state index in [-0.39, 0.29) is 6.04 Å². The molecular formula is C14H21BrN4S. The molecule has 2 aromatic rings. The molecule has 110 valence electrons. The van der Waals surface area contributed by atoms with Crippen LogP contribution in [0, 0.1) is 6.92 Å². The lowest BCUT2D eigenvalue weighted by atomic mass is 10.1. The quantitative estimate of drug-likeness (QED) is 0.616. The number of hydrogen-bond acceptors (Lipinski definition) is 4. The van der Waals surface area contributed by atoms with Gasteiger partial charge in [-0.05, 0) is 53.9 Å². The zero-order valence-electron chi connectivity index (χ0n) is 12.1. The molecule has 20 heavy (non-hydrogen) atoms. The molecular weight excluding hydrogens is 336 g/mol. The molecule has 0 aliphatic rings. The fraction of sp³-hybridized carbons (Fsp3) is 0.500. The molecule has 1 unspecified atom stereocenters.